The van der Waals surface area contributed by atoms with Crippen molar-refractivity contribution in [3.8, 4) is 0 Å². The summed E-state index contributed by atoms with van der Waals surface area (Å²) in [6, 6.07) is 12.9. The van der Waals surface area contributed by atoms with E-state index in [2.05, 4.69) is 5.32 Å². The molecule has 1 amide bonds. The molecule has 0 radical (unpaired) electrons. The molecule has 29 heavy (non-hydrogen) atoms. The average molecular weight is 414 g/mol. The molecule has 3 rings (SSSR count). The number of fused-ring (bicyclic) bond motifs is 1. The van der Waals surface area contributed by atoms with E-state index in [1.807, 2.05) is 18.2 Å². The first-order valence-corrected chi connectivity index (χ1v) is 10.2. The smallest absolute Gasteiger partial charge is 0.306 e. The number of ether oxygens (including phenoxy) is 1. The van der Waals surface area contributed by atoms with Gasteiger partial charge in [-0.2, -0.15) is 0 Å². The number of hydrogen-bond donors (Lipinski definition) is 1. The van der Waals surface area contributed by atoms with Gasteiger partial charge in [0.15, 0.2) is 12.4 Å². The Morgan fingerprint density at radius 2 is 1.66 bits per heavy atom. The van der Waals surface area contributed by atoms with Gasteiger partial charge < -0.3 is 10.1 Å². The summed E-state index contributed by atoms with van der Waals surface area (Å²) in [6.45, 7) is -0.0379. The number of carbonyl (C=O) groups is 3. The SMILES string of the molecule is O=C(COC(=O)CCC(=O)c1ccc2c(c1)CCCC2)NCc1ccc(Cl)cc1. The number of rotatable bonds is 8. The maximum Gasteiger partial charge on any atom is 0.306 e. The van der Waals surface area contributed by atoms with Gasteiger partial charge in [-0.25, -0.2) is 0 Å². The third-order valence-electron chi connectivity index (χ3n) is 4.99. The lowest BCUT2D eigenvalue weighted by Crippen LogP contribution is -2.28. The van der Waals surface area contributed by atoms with Crippen LogP contribution in [0.25, 0.3) is 0 Å². The minimum atomic E-state index is -0.557. The topological polar surface area (TPSA) is 72.5 Å². The van der Waals surface area contributed by atoms with Gasteiger partial charge in [0.25, 0.3) is 5.91 Å². The zero-order valence-electron chi connectivity index (χ0n) is 16.2. The van der Waals surface area contributed by atoms with Crippen LogP contribution in [0.4, 0.5) is 0 Å². The van der Waals surface area contributed by atoms with Gasteiger partial charge in [-0.05, 0) is 60.6 Å². The normalized spacial score (nSPS) is 12.7. The largest absolute Gasteiger partial charge is 0.456 e. The van der Waals surface area contributed by atoms with Crippen LogP contribution in [-0.4, -0.2) is 24.3 Å². The van der Waals surface area contributed by atoms with Gasteiger partial charge in [0.05, 0.1) is 6.42 Å². The molecule has 1 N–H and O–H groups in total. The van der Waals surface area contributed by atoms with E-state index >= 15 is 0 Å². The van der Waals surface area contributed by atoms with Crippen LogP contribution in [0.5, 0.6) is 0 Å². The maximum atomic E-state index is 12.4. The van der Waals surface area contributed by atoms with Crippen LogP contribution >= 0.6 is 11.6 Å². The zero-order chi connectivity index (χ0) is 20.6. The molecule has 0 saturated carbocycles. The first-order valence-electron chi connectivity index (χ1n) is 9.83. The summed E-state index contributed by atoms with van der Waals surface area (Å²) in [6.07, 6.45) is 4.45. The van der Waals surface area contributed by atoms with E-state index in [-0.39, 0.29) is 25.2 Å². The van der Waals surface area contributed by atoms with Crippen LogP contribution in [0.3, 0.4) is 0 Å². The van der Waals surface area contributed by atoms with Crippen LogP contribution in [0.1, 0.15) is 52.7 Å². The fourth-order valence-electron chi connectivity index (χ4n) is 3.34. The number of Topliss-reactive ketones (excluding diaryl/α,β-unsaturated/α-hetero) is 1. The molecule has 1 aliphatic carbocycles. The highest BCUT2D eigenvalue weighted by Gasteiger charge is 2.15. The van der Waals surface area contributed by atoms with Gasteiger partial charge in [-0.3, -0.25) is 14.4 Å². The third kappa shape index (κ3) is 6.43. The number of benzene rings is 2. The quantitative estimate of drug-likeness (QED) is 0.523. The molecule has 0 unspecified atom stereocenters. The van der Waals surface area contributed by atoms with E-state index in [1.165, 1.54) is 17.5 Å². The van der Waals surface area contributed by atoms with E-state index in [0.29, 0.717) is 17.1 Å². The number of ketones is 1. The lowest BCUT2D eigenvalue weighted by atomic mass is 9.89. The standard InChI is InChI=1S/C23H24ClNO4/c24-20-9-5-16(6-10-20)14-25-22(27)15-29-23(28)12-11-21(26)19-8-7-17-3-1-2-4-18(17)13-19/h5-10,13H,1-4,11-12,14-15H2,(H,25,27). The van der Waals surface area contributed by atoms with Crippen molar-refractivity contribution in [1.82, 2.24) is 5.32 Å². The Kier molecular flexibility index (Phi) is 7.42. The number of hydrogen-bond acceptors (Lipinski definition) is 4. The Labute approximate surface area is 175 Å². The van der Waals surface area contributed by atoms with Gasteiger partial charge in [-0.15, -0.1) is 0 Å². The molecule has 2 aromatic carbocycles. The number of amides is 1. The fourth-order valence-corrected chi connectivity index (χ4v) is 3.46. The van der Waals surface area contributed by atoms with Gasteiger partial charge in [-0.1, -0.05) is 35.9 Å². The summed E-state index contributed by atoms with van der Waals surface area (Å²) in [5, 5.41) is 3.29. The molecule has 0 saturated heterocycles. The molecule has 6 heteroatoms. The van der Waals surface area contributed by atoms with E-state index in [9.17, 15) is 14.4 Å². The molecule has 0 bridgehead atoms. The molecule has 0 spiro atoms. The molecular weight excluding hydrogens is 390 g/mol. The highest BCUT2D eigenvalue weighted by atomic mass is 35.5. The number of carbonyl (C=O) groups excluding carboxylic acids is 3. The predicted molar refractivity (Wildman–Crippen MR) is 111 cm³/mol. The number of esters is 1. The zero-order valence-corrected chi connectivity index (χ0v) is 17.0. The minimum absolute atomic E-state index is 0.0413. The van der Waals surface area contributed by atoms with Crippen molar-refractivity contribution >= 4 is 29.3 Å². The van der Waals surface area contributed by atoms with E-state index < -0.39 is 11.9 Å². The molecule has 2 aromatic rings. The van der Waals surface area contributed by atoms with Crippen LogP contribution in [0.15, 0.2) is 42.5 Å². The maximum absolute atomic E-state index is 12.4. The van der Waals surface area contributed by atoms with E-state index in [4.69, 9.17) is 16.3 Å². The molecule has 0 atom stereocenters. The van der Waals surface area contributed by atoms with E-state index in [1.54, 1.807) is 24.3 Å². The summed E-state index contributed by atoms with van der Waals surface area (Å²) in [5.41, 5.74) is 4.09. The molecule has 1 aliphatic rings. The van der Waals surface area contributed by atoms with Crippen molar-refractivity contribution in [2.45, 2.75) is 45.1 Å². The van der Waals surface area contributed by atoms with Crippen molar-refractivity contribution in [3.05, 3.63) is 69.7 Å². The predicted octanol–water partition coefficient (Wildman–Crippen LogP) is 4.04. The van der Waals surface area contributed by atoms with Crippen molar-refractivity contribution in [2.24, 2.45) is 0 Å². The summed E-state index contributed by atoms with van der Waals surface area (Å²) in [7, 11) is 0. The molecule has 0 fully saturated rings. The summed E-state index contributed by atoms with van der Waals surface area (Å²) in [4.78, 5) is 36.0. The van der Waals surface area contributed by atoms with Crippen LogP contribution in [-0.2, 0) is 33.7 Å². The van der Waals surface area contributed by atoms with Crippen molar-refractivity contribution in [2.75, 3.05) is 6.61 Å². The molecule has 0 aromatic heterocycles. The van der Waals surface area contributed by atoms with Gasteiger partial charge in [0.1, 0.15) is 0 Å². The lowest BCUT2D eigenvalue weighted by Gasteiger charge is -2.16. The van der Waals surface area contributed by atoms with Crippen LogP contribution in [0.2, 0.25) is 5.02 Å². The van der Waals surface area contributed by atoms with Gasteiger partial charge in [0.2, 0.25) is 0 Å². The molecule has 152 valence electrons. The van der Waals surface area contributed by atoms with Crippen LogP contribution in [0, 0.1) is 0 Å². The Morgan fingerprint density at radius 3 is 2.41 bits per heavy atom. The number of halogens is 1. The Morgan fingerprint density at radius 1 is 0.931 bits per heavy atom. The monoisotopic (exact) mass is 413 g/mol. The highest BCUT2D eigenvalue weighted by Crippen LogP contribution is 2.23. The second-order valence-corrected chi connectivity index (χ2v) is 7.61. The Bertz CT molecular complexity index is 892. The highest BCUT2D eigenvalue weighted by molar-refractivity contribution is 6.30. The molecule has 0 heterocycles. The Balaban J connectivity index is 1.37. The van der Waals surface area contributed by atoms with Crippen molar-refractivity contribution in [1.29, 1.82) is 0 Å². The first-order chi connectivity index (χ1) is 14.0. The lowest BCUT2D eigenvalue weighted by molar-refractivity contribution is -0.148. The van der Waals surface area contributed by atoms with Crippen LogP contribution < -0.4 is 5.32 Å². The summed E-state index contributed by atoms with van der Waals surface area (Å²) in [5.74, 6) is -1.03. The van der Waals surface area contributed by atoms with Crippen molar-refractivity contribution in [3.63, 3.8) is 0 Å². The summed E-state index contributed by atoms with van der Waals surface area (Å²) < 4.78 is 4.96. The molecular formula is C23H24ClNO4. The number of aryl methyl sites for hydroxylation is 2. The fraction of sp³-hybridized carbons (Fsp3) is 0.348. The third-order valence-corrected chi connectivity index (χ3v) is 5.25. The second kappa shape index (κ2) is 10.2. The first kappa shape index (κ1) is 21.1. The number of nitrogens with one attached hydrogen (secondary N) is 1. The molecule has 0 aliphatic heterocycles. The molecule has 5 nitrogen and oxygen atoms in total. The van der Waals surface area contributed by atoms with Gasteiger partial charge in [0, 0.05) is 23.6 Å². The van der Waals surface area contributed by atoms with Crippen molar-refractivity contribution < 1.29 is 19.1 Å². The minimum Gasteiger partial charge on any atom is -0.456 e. The average Bonchev–Trinajstić information content (AvgIpc) is 2.75. The van der Waals surface area contributed by atoms with E-state index in [0.717, 1.165) is 24.8 Å². The second-order valence-electron chi connectivity index (χ2n) is 7.18. The summed E-state index contributed by atoms with van der Waals surface area (Å²) >= 11 is 5.81. The Hall–Kier alpha value is -2.66. The van der Waals surface area contributed by atoms with Gasteiger partial charge >= 0.3 is 5.97 Å².